The number of amides is 1. The second kappa shape index (κ2) is 6.86. The zero-order valence-electron chi connectivity index (χ0n) is 16.0. The zero-order chi connectivity index (χ0) is 18.2. The Bertz CT molecular complexity index is 702. The van der Waals surface area contributed by atoms with Crippen molar-refractivity contribution in [3.05, 3.63) is 40.5 Å². The van der Waals surface area contributed by atoms with Crippen LogP contribution < -0.4 is 10.5 Å². The summed E-state index contributed by atoms with van der Waals surface area (Å²) in [6.45, 7) is 8.73. The van der Waals surface area contributed by atoms with Gasteiger partial charge in [-0.3, -0.25) is 4.79 Å². The van der Waals surface area contributed by atoms with Crippen LogP contribution in [0.1, 0.15) is 87.2 Å². The molecule has 3 heteroatoms. The van der Waals surface area contributed by atoms with Crippen LogP contribution in [0.15, 0.2) is 23.8 Å². The Morgan fingerprint density at radius 3 is 2.76 bits per heavy atom. The van der Waals surface area contributed by atoms with Gasteiger partial charge in [-0.15, -0.1) is 0 Å². The van der Waals surface area contributed by atoms with E-state index < -0.39 is 0 Å². The van der Waals surface area contributed by atoms with E-state index in [1.165, 1.54) is 18.4 Å². The van der Waals surface area contributed by atoms with E-state index in [4.69, 9.17) is 10.5 Å². The van der Waals surface area contributed by atoms with Gasteiger partial charge >= 0.3 is 0 Å². The van der Waals surface area contributed by atoms with E-state index in [0.29, 0.717) is 11.5 Å². The second-order valence-corrected chi connectivity index (χ2v) is 8.27. The molecule has 0 unspecified atom stereocenters. The lowest BCUT2D eigenvalue weighted by Crippen LogP contribution is -2.45. The van der Waals surface area contributed by atoms with Crippen molar-refractivity contribution in [1.29, 1.82) is 0 Å². The molecule has 3 nitrogen and oxygen atoms in total. The fourth-order valence-corrected chi connectivity index (χ4v) is 4.53. The highest BCUT2D eigenvalue weighted by atomic mass is 16.5. The number of allylic oxidation sites excluding steroid dienone is 2. The normalized spacial score (nSPS) is 23.9. The number of hydrogen-bond donors (Lipinski definition) is 1. The molecular weight excluding hydrogens is 310 g/mol. The molecule has 136 valence electrons. The highest BCUT2D eigenvalue weighted by Gasteiger charge is 2.45. The number of carbonyl (C=O) groups is 1. The summed E-state index contributed by atoms with van der Waals surface area (Å²) >= 11 is 0. The molecule has 1 aromatic carbocycles. The Morgan fingerprint density at radius 1 is 1.32 bits per heavy atom. The Hall–Kier alpha value is -1.77. The van der Waals surface area contributed by atoms with Crippen molar-refractivity contribution in [1.82, 2.24) is 0 Å². The molecule has 0 aromatic heterocycles. The van der Waals surface area contributed by atoms with E-state index in [1.807, 2.05) is 6.07 Å². The van der Waals surface area contributed by atoms with Gasteiger partial charge in [-0.25, -0.2) is 0 Å². The van der Waals surface area contributed by atoms with Gasteiger partial charge in [0.2, 0.25) is 5.91 Å². The van der Waals surface area contributed by atoms with Crippen LogP contribution in [0.2, 0.25) is 0 Å². The first-order chi connectivity index (χ1) is 11.8. The lowest BCUT2D eigenvalue weighted by Gasteiger charge is -2.47. The molecule has 0 bridgehead atoms. The minimum Gasteiger partial charge on any atom is -0.487 e. The number of fused-ring (bicyclic) bond motifs is 3. The van der Waals surface area contributed by atoms with Gasteiger partial charge in [0.25, 0.3) is 0 Å². The summed E-state index contributed by atoms with van der Waals surface area (Å²) in [5, 5.41) is 0. The van der Waals surface area contributed by atoms with Crippen LogP contribution in [0.3, 0.4) is 0 Å². The lowest BCUT2D eigenvalue weighted by atomic mass is 9.67. The maximum Gasteiger partial charge on any atom is 0.249 e. The Kier molecular flexibility index (Phi) is 4.95. The van der Waals surface area contributed by atoms with Crippen molar-refractivity contribution in [2.24, 2.45) is 11.7 Å². The third-order valence-corrected chi connectivity index (χ3v) is 5.88. The number of rotatable bonds is 5. The van der Waals surface area contributed by atoms with Crippen molar-refractivity contribution in [2.45, 2.75) is 77.7 Å². The molecule has 1 aliphatic carbocycles. The molecule has 0 radical (unpaired) electrons. The van der Waals surface area contributed by atoms with Crippen molar-refractivity contribution in [2.75, 3.05) is 0 Å². The quantitative estimate of drug-likeness (QED) is 0.596. The predicted octanol–water partition coefficient (Wildman–Crippen LogP) is 5.13. The standard InChI is InChI=1S/C22H31NO2/c1-5-6-7-8-15-12-17(21(23)24)20-16-11-14(2)9-10-18(16)22(3,4)25-19(20)13-15/h11-13,16,18H,5-10H2,1-4H3,(H2,23,24)/t16-,18-/m1/s1. The minimum atomic E-state index is -0.340. The highest BCUT2D eigenvalue weighted by molar-refractivity contribution is 5.96. The fraction of sp³-hybridized carbons (Fsp3) is 0.591. The minimum absolute atomic E-state index is 0.222. The van der Waals surface area contributed by atoms with E-state index in [1.54, 1.807) is 0 Å². The molecule has 2 atom stereocenters. The molecule has 1 aliphatic heterocycles. The van der Waals surface area contributed by atoms with Crippen molar-refractivity contribution in [3.8, 4) is 5.75 Å². The van der Waals surface area contributed by atoms with Gasteiger partial charge in [0, 0.05) is 23.0 Å². The van der Waals surface area contributed by atoms with Crippen LogP contribution in [0.5, 0.6) is 5.75 Å². The molecule has 3 rings (SSSR count). The van der Waals surface area contributed by atoms with Gasteiger partial charge in [-0.05, 0) is 64.2 Å². The molecule has 0 saturated heterocycles. The first-order valence-electron chi connectivity index (χ1n) is 9.66. The molecule has 1 heterocycles. The van der Waals surface area contributed by atoms with E-state index in [9.17, 15) is 4.79 Å². The van der Waals surface area contributed by atoms with Gasteiger partial charge in [-0.1, -0.05) is 31.4 Å². The summed E-state index contributed by atoms with van der Waals surface area (Å²) in [4.78, 5) is 12.2. The maximum atomic E-state index is 12.2. The first-order valence-corrected chi connectivity index (χ1v) is 9.66. The summed E-state index contributed by atoms with van der Waals surface area (Å²) < 4.78 is 6.42. The highest BCUT2D eigenvalue weighted by Crippen LogP contribution is 2.51. The average molecular weight is 341 g/mol. The van der Waals surface area contributed by atoms with Gasteiger partial charge in [0.1, 0.15) is 11.4 Å². The predicted molar refractivity (Wildman–Crippen MR) is 102 cm³/mol. The molecule has 1 aromatic rings. The molecular formula is C22H31NO2. The van der Waals surface area contributed by atoms with Crippen LogP contribution in [-0.4, -0.2) is 11.5 Å². The van der Waals surface area contributed by atoms with Gasteiger partial charge < -0.3 is 10.5 Å². The lowest BCUT2D eigenvalue weighted by molar-refractivity contribution is 0.0112. The van der Waals surface area contributed by atoms with Gasteiger partial charge in [-0.2, -0.15) is 0 Å². The smallest absolute Gasteiger partial charge is 0.249 e. The number of primary amides is 1. The number of unbranched alkanes of at least 4 members (excludes halogenated alkanes) is 2. The van der Waals surface area contributed by atoms with E-state index in [0.717, 1.165) is 42.6 Å². The summed E-state index contributed by atoms with van der Waals surface area (Å²) in [6, 6.07) is 4.15. The molecule has 2 aliphatic rings. The number of aryl methyl sites for hydroxylation is 1. The fourth-order valence-electron chi connectivity index (χ4n) is 4.53. The molecule has 0 saturated carbocycles. The number of ether oxygens (including phenoxy) is 1. The van der Waals surface area contributed by atoms with Crippen molar-refractivity contribution >= 4 is 5.91 Å². The monoisotopic (exact) mass is 341 g/mol. The average Bonchev–Trinajstić information content (AvgIpc) is 2.53. The van der Waals surface area contributed by atoms with Crippen LogP contribution in [0.25, 0.3) is 0 Å². The second-order valence-electron chi connectivity index (χ2n) is 8.27. The maximum absolute atomic E-state index is 12.2. The van der Waals surface area contributed by atoms with Crippen molar-refractivity contribution in [3.63, 3.8) is 0 Å². The third-order valence-electron chi connectivity index (χ3n) is 5.88. The van der Waals surface area contributed by atoms with Crippen LogP contribution in [-0.2, 0) is 6.42 Å². The number of carbonyl (C=O) groups excluding carboxylic acids is 1. The Morgan fingerprint density at radius 2 is 2.08 bits per heavy atom. The van der Waals surface area contributed by atoms with Crippen molar-refractivity contribution < 1.29 is 9.53 Å². The topological polar surface area (TPSA) is 52.3 Å². The summed E-state index contributed by atoms with van der Waals surface area (Å²) in [6.07, 6.45) is 9.00. The van der Waals surface area contributed by atoms with E-state index in [-0.39, 0.29) is 17.4 Å². The molecule has 0 spiro atoms. The summed E-state index contributed by atoms with van der Waals surface area (Å²) in [5.74, 6) is 1.12. The van der Waals surface area contributed by atoms with E-state index in [2.05, 4.69) is 39.8 Å². The zero-order valence-corrected chi connectivity index (χ0v) is 16.0. The number of benzene rings is 1. The Labute approximate surface area is 151 Å². The first kappa shape index (κ1) is 18.0. The largest absolute Gasteiger partial charge is 0.487 e. The number of nitrogens with two attached hydrogens (primary N) is 1. The van der Waals surface area contributed by atoms with Crippen LogP contribution in [0.4, 0.5) is 0 Å². The van der Waals surface area contributed by atoms with Crippen LogP contribution >= 0.6 is 0 Å². The van der Waals surface area contributed by atoms with Gasteiger partial charge in [0.05, 0.1) is 0 Å². The number of hydrogen-bond acceptors (Lipinski definition) is 2. The SMILES string of the molecule is CCCCCc1cc2c(c(C(N)=O)c1)[C@@H]1C=C(C)CC[C@H]1C(C)(C)O2. The Balaban J connectivity index is 2.09. The van der Waals surface area contributed by atoms with Gasteiger partial charge in [0.15, 0.2) is 0 Å². The van der Waals surface area contributed by atoms with Crippen LogP contribution in [0, 0.1) is 5.92 Å². The third kappa shape index (κ3) is 3.47. The molecule has 2 N–H and O–H groups in total. The molecule has 25 heavy (non-hydrogen) atoms. The summed E-state index contributed by atoms with van der Waals surface area (Å²) in [7, 11) is 0. The molecule has 1 amide bonds. The summed E-state index contributed by atoms with van der Waals surface area (Å²) in [5.41, 5.74) is 9.76. The molecule has 0 fully saturated rings. The van der Waals surface area contributed by atoms with E-state index >= 15 is 0 Å².